The van der Waals surface area contributed by atoms with Crippen molar-refractivity contribution in [3.63, 3.8) is 0 Å². The van der Waals surface area contributed by atoms with Crippen LogP contribution in [-0.2, 0) is 14.8 Å². The maximum atomic E-state index is 12.9. The van der Waals surface area contributed by atoms with Crippen LogP contribution in [0.4, 0.5) is 5.69 Å². The first kappa shape index (κ1) is 19.1. The van der Waals surface area contributed by atoms with Crippen LogP contribution in [0.15, 0.2) is 53.4 Å². The molecule has 140 valence electrons. The molecule has 6 nitrogen and oxygen atoms in total. The third-order valence-corrected chi connectivity index (χ3v) is 6.60. The summed E-state index contributed by atoms with van der Waals surface area (Å²) < 4.78 is 27.1. The highest BCUT2D eigenvalue weighted by molar-refractivity contribution is 7.89. The third kappa shape index (κ3) is 4.18. The van der Waals surface area contributed by atoms with Crippen LogP contribution in [0.1, 0.15) is 24.0 Å². The van der Waals surface area contributed by atoms with Crippen molar-refractivity contribution in [3.8, 4) is 6.07 Å². The molecule has 0 saturated carbocycles. The van der Waals surface area contributed by atoms with Crippen LogP contribution in [0, 0.1) is 24.2 Å². The van der Waals surface area contributed by atoms with E-state index in [2.05, 4.69) is 5.32 Å². The Kier molecular flexibility index (Phi) is 5.59. The van der Waals surface area contributed by atoms with Crippen LogP contribution in [0.2, 0.25) is 0 Å². The van der Waals surface area contributed by atoms with Crippen LogP contribution in [0.25, 0.3) is 0 Å². The van der Waals surface area contributed by atoms with Gasteiger partial charge in [0.15, 0.2) is 0 Å². The molecule has 27 heavy (non-hydrogen) atoms. The van der Waals surface area contributed by atoms with Gasteiger partial charge in [0.05, 0.1) is 22.1 Å². The van der Waals surface area contributed by atoms with Gasteiger partial charge in [-0.15, -0.1) is 0 Å². The van der Waals surface area contributed by atoms with Crippen molar-refractivity contribution in [2.45, 2.75) is 24.7 Å². The number of amides is 1. The zero-order valence-corrected chi connectivity index (χ0v) is 15.9. The Morgan fingerprint density at radius 3 is 2.59 bits per heavy atom. The summed E-state index contributed by atoms with van der Waals surface area (Å²) in [6, 6.07) is 15.5. The summed E-state index contributed by atoms with van der Waals surface area (Å²) in [6.45, 7) is 2.43. The SMILES string of the molecule is Cc1ccc(S(=O)(=O)N2CCC[C@@H](C(=O)Nc3ccccc3C#N)C2)cc1. The molecule has 1 saturated heterocycles. The molecule has 1 N–H and O–H groups in total. The van der Waals surface area contributed by atoms with Crippen molar-refractivity contribution in [2.24, 2.45) is 5.92 Å². The minimum atomic E-state index is -3.63. The van der Waals surface area contributed by atoms with E-state index < -0.39 is 15.9 Å². The molecule has 3 rings (SSSR count). The fraction of sp³-hybridized carbons (Fsp3) is 0.300. The third-order valence-electron chi connectivity index (χ3n) is 4.72. The maximum absolute atomic E-state index is 12.9. The lowest BCUT2D eigenvalue weighted by Gasteiger charge is -2.31. The summed E-state index contributed by atoms with van der Waals surface area (Å²) in [5.74, 6) is -0.716. The van der Waals surface area contributed by atoms with Crippen LogP contribution in [-0.4, -0.2) is 31.7 Å². The summed E-state index contributed by atoms with van der Waals surface area (Å²) in [4.78, 5) is 12.9. The number of piperidine rings is 1. The molecule has 1 atom stereocenters. The number of nitrogens with one attached hydrogen (secondary N) is 1. The number of hydrogen-bond acceptors (Lipinski definition) is 4. The Labute approximate surface area is 159 Å². The number of carbonyl (C=O) groups excluding carboxylic acids is 1. The first-order valence-corrected chi connectivity index (χ1v) is 10.2. The lowest BCUT2D eigenvalue weighted by molar-refractivity contribution is -0.120. The van der Waals surface area contributed by atoms with Gasteiger partial charge in [-0.05, 0) is 44.0 Å². The van der Waals surface area contributed by atoms with Gasteiger partial charge in [0.25, 0.3) is 0 Å². The number of rotatable bonds is 4. The summed E-state index contributed by atoms with van der Waals surface area (Å²) in [5, 5.41) is 11.9. The van der Waals surface area contributed by atoms with Gasteiger partial charge in [0, 0.05) is 13.1 Å². The van der Waals surface area contributed by atoms with Crippen LogP contribution in [0.3, 0.4) is 0 Å². The quantitative estimate of drug-likeness (QED) is 0.879. The fourth-order valence-corrected chi connectivity index (χ4v) is 4.68. The maximum Gasteiger partial charge on any atom is 0.243 e. The lowest BCUT2D eigenvalue weighted by Crippen LogP contribution is -2.43. The molecule has 0 bridgehead atoms. The zero-order valence-electron chi connectivity index (χ0n) is 15.1. The van der Waals surface area contributed by atoms with E-state index >= 15 is 0 Å². The Bertz CT molecular complexity index is 978. The van der Waals surface area contributed by atoms with Gasteiger partial charge in [0.2, 0.25) is 15.9 Å². The van der Waals surface area contributed by atoms with Gasteiger partial charge in [-0.25, -0.2) is 8.42 Å². The monoisotopic (exact) mass is 383 g/mol. The molecule has 2 aromatic rings. The van der Waals surface area contributed by atoms with Gasteiger partial charge in [-0.3, -0.25) is 4.79 Å². The smallest absolute Gasteiger partial charge is 0.243 e. The molecule has 1 heterocycles. The number of nitrogens with zero attached hydrogens (tertiary/aromatic N) is 2. The molecular weight excluding hydrogens is 362 g/mol. The fourth-order valence-electron chi connectivity index (χ4n) is 3.16. The molecule has 1 aliphatic heterocycles. The van der Waals surface area contributed by atoms with E-state index in [9.17, 15) is 13.2 Å². The first-order chi connectivity index (χ1) is 12.9. The normalized spacial score (nSPS) is 17.9. The van der Waals surface area contributed by atoms with E-state index in [0.29, 0.717) is 30.6 Å². The Morgan fingerprint density at radius 2 is 1.89 bits per heavy atom. The minimum Gasteiger partial charge on any atom is -0.325 e. The lowest BCUT2D eigenvalue weighted by atomic mass is 9.98. The number of carbonyl (C=O) groups is 1. The topological polar surface area (TPSA) is 90.3 Å². The molecule has 0 aliphatic carbocycles. The Morgan fingerprint density at radius 1 is 1.19 bits per heavy atom. The van der Waals surface area contributed by atoms with E-state index in [1.165, 1.54) is 4.31 Å². The highest BCUT2D eigenvalue weighted by Gasteiger charge is 2.33. The predicted octanol–water partition coefficient (Wildman–Crippen LogP) is 2.91. The molecule has 1 amide bonds. The van der Waals surface area contributed by atoms with Crippen molar-refractivity contribution in [1.82, 2.24) is 4.31 Å². The second-order valence-corrected chi connectivity index (χ2v) is 8.60. The Hall–Kier alpha value is -2.69. The summed E-state index contributed by atoms with van der Waals surface area (Å²) in [5.41, 5.74) is 1.82. The van der Waals surface area contributed by atoms with Crippen LogP contribution >= 0.6 is 0 Å². The van der Waals surface area contributed by atoms with Crippen molar-refractivity contribution in [3.05, 3.63) is 59.7 Å². The van der Waals surface area contributed by atoms with Crippen molar-refractivity contribution in [2.75, 3.05) is 18.4 Å². The van der Waals surface area contributed by atoms with Crippen molar-refractivity contribution in [1.29, 1.82) is 5.26 Å². The van der Waals surface area contributed by atoms with E-state index in [1.807, 2.05) is 13.0 Å². The number of aryl methyl sites for hydroxylation is 1. The largest absolute Gasteiger partial charge is 0.325 e. The number of hydrogen-bond donors (Lipinski definition) is 1. The highest BCUT2D eigenvalue weighted by atomic mass is 32.2. The van der Waals surface area contributed by atoms with Gasteiger partial charge >= 0.3 is 0 Å². The Balaban J connectivity index is 1.75. The molecule has 7 heteroatoms. The minimum absolute atomic E-state index is 0.136. The number of para-hydroxylation sites is 1. The molecule has 1 aliphatic rings. The van der Waals surface area contributed by atoms with E-state index in [0.717, 1.165) is 5.56 Å². The average molecular weight is 383 g/mol. The van der Waals surface area contributed by atoms with Gasteiger partial charge in [0.1, 0.15) is 6.07 Å². The van der Waals surface area contributed by atoms with Gasteiger partial charge < -0.3 is 5.32 Å². The molecule has 1 fully saturated rings. The zero-order chi connectivity index (χ0) is 19.4. The molecule has 0 unspecified atom stereocenters. The average Bonchev–Trinajstić information content (AvgIpc) is 2.69. The standard InChI is InChI=1S/C20H21N3O3S/c1-15-8-10-18(11-9-15)27(25,26)23-12-4-6-17(14-23)20(24)22-19-7-3-2-5-16(19)13-21/h2-3,5,7-11,17H,4,6,12,14H2,1H3,(H,22,24)/t17-/m1/s1. The number of nitriles is 1. The summed E-state index contributed by atoms with van der Waals surface area (Å²) >= 11 is 0. The molecule has 2 aromatic carbocycles. The van der Waals surface area contributed by atoms with Crippen LogP contribution in [0.5, 0.6) is 0 Å². The summed E-state index contributed by atoms with van der Waals surface area (Å²) in [7, 11) is -3.63. The van der Waals surface area contributed by atoms with E-state index in [4.69, 9.17) is 5.26 Å². The van der Waals surface area contributed by atoms with E-state index in [-0.39, 0.29) is 17.3 Å². The molecular formula is C20H21N3O3S. The van der Waals surface area contributed by atoms with Crippen molar-refractivity contribution < 1.29 is 13.2 Å². The van der Waals surface area contributed by atoms with Gasteiger partial charge in [-0.1, -0.05) is 29.8 Å². The number of benzene rings is 2. The second kappa shape index (κ2) is 7.91. The van der Waals surface area contributed by atoms with Crippen LogP contribution < -0.4 is 5.32 Å². The highest BCUT2D eigenvalue weighted by Crippen LogP contribution is 2.25. The first-order valence-electron chi connectivity index (χ1n) is 8.78. The number of anilines is 1. The molecule has 0 aromatic heterocycles. The second-order valence-electron chi connectivity index (χ2n) is 6.66. The number of sulfonamides is 1. The molecule has 0 radical (unpaired) electrons. The summed E-state index contributed by atoms with van der Waals surface area (Å²) in [6.07, 6.45) is 1.23. The molecule has 0 spiro atoms. The van der Waals surface area contributed by atoms with Gasteiger partial charge in [-0.2, -0.15) is 9.57 Å². The predicted molar refractivity (Wildman–Crippen MR) is 102 cm³/mol. The van der Waals surface area contributed by atoms with Crippen molar-refractivity contribution >= 4 is 21.6 Å². The van der Waals surface area contributed by atoms with E-state index in [1.54, 1.807) is 48.5 Å².